The van der Waals surface area contributed by atoms with Crippen LogP contribution < -0.4 is 10.1 Å². The summed E-state index contributed by atoms with van der Waals surface area (Å²) < 4.78 is 5.91. The van der Waals surface area contributed by atoms with Crippen molar-refractivity contribution < 1.29 is 9.53 Å². The normalized spacial score (nSPS) is 14.2. The van der Waals surface area contributed by atoms with Crippen LogP contribution in [0.5, 0.6) is 11.5 Å². The number of amides is 1. The van der Waals surface area contributed by atoms with Crippen molar-refractivity contribution in [3.63, 3.8) is 0 Å². The van der Waals surface area contributed by atoms with Crippen LogP contribution in [-0.2, 0) is 6.42 Å². The lowest BCUT2D eigenvalue weighted by Gasteiger charge is -2.36. The lowest BCUT2D eigenvalue weighted by Crippen LogP contribution is -2.57. The topological polar surface area (TPSA) is 67.3 Å². The fourth-order valence-electron chi connectivity index (χ4n) is 3.63. The number of carbonyl (C=O) groups is 1. The molecule has 160 valence electrons. The SMILES string of the molecule is CCc1cc(-c2cc(Oc3cnc(C)c(Cl)c3)ccn2)ccc1C(=O)NC1CN(C)C1. The van der Waals surface area contributed by atoms with Gasteiger partial charge in [0.15, 0.2) is 0 Å². The number of pyridine rings is 2. The molecule has 0 spiro atoms. The molecule has 2 aromatic heterocycles. The number of likely N-dealkylation sites (tertiary alicyclic amines) is 1. The van der Waals surface area contributed by atoms with Crippen LogP contribution in [0.25, 0.3) is 11.3 Å². The van der Waals surface area contributed by atoms with E-state index in [1.165, 1.54) is 0 Å². The van der Waals surface area contributed by atoms with Gasteiger partial charge in [0.2, 0.25) is 0 Å². The third-order valence-electron chi connectivity index (χ3n) is 5.39. The van der Waals surface area contributed by atoms with Crippen molar-refractivity contribution in [2.24, 2.45) is 0 Å². The van der Waals surface area contributed by atoms with Crippen molar-refractivity contribution in [3.8, 4) is 22.8 Å². The highest BCUT2D eigenvalue weighted by molar-refractivity contribution is 6.31. The lowest BCUT2D eigenvalue weighted by atomic mass is 9.98. The fraction of sp³-hybridized carbons (Fsp3) is 0.292. The van der Waals surface area contributed by atoms with E-state index in [1.54, 1.807) is 24.5 Å². The molecule has 0 bridgehead atoms. The summed E-state index contributed by atoms with van der Waals surface area (Å²) in [7, 11) is 2.05. The first-order chi connectivity index (χ1) is 14.9. The number of carbonyl (C=O) groups excluding carboxylic acids is 1. The van der Waals surface area contributed by atoms with Crippen LogP contribution in [0, 0.1) is 6.92 Å². The van der Waals surface area contributed by atoms with Gasteiger partial charge in [-0.25, -0.2) is 0 Å². The molecule has 1 aromatic carbocycles. The third-order valence-corrected chi connectivity index (χ3v) is 5.78. The summed E-state index contributed by atoms with van der Waals surface area (Å²) in [5.74, 6) is 1.19. The summed E-state index contributed by atoms with van der Waals surface area (Å²) in [5.41, 5.74) is 4.16. The minimum absolute atomic E-state index is 0.0182. The van der Waals surface area contributed by atoms with Crippen LogP contribution in [0.15, 0.2) is 48.8 Å². The second-order valence-corrected chi connectivity index (χ2v) is 8.24. The number of benzene rings is 1. The van der Waals surface area contributed by atoms with Crippen molar-refractivity contribution in [2.45, 2.75) is 26.3 Å². The number of hydrogen-bond acceptors (Lipinski definition) is 5. The number of hydrogen-bond donors (Lipinski definition) is 1. The lowest BCUT2D eigenvalue weighted by molar-refractivity contribution is 0.0857. The molecule has 0 atom stereocenters. The summed E-state index contributed by atoms with van der Waals surface area (Å²) in [4.78, 5) is 23.6. The van der Waals surface area contributed by atoms with E-state index >= 15 is 0 Å². The van der Waals surface area contributed by atoms with E-state index in [4.69, 9.17) is 16.3 Å². The minimum atomic E-state index is -0.0182. The van der Waals surface area contributed by atoms with Crippen molar-refractivity contribution in [3.05, 3.63) is 70.6 Å². The van der Waals surface area contributed by atoms with Gasteiger partial charge in [-0.3, -0.25) is 14.8 Å². The van der Waals surface area contributed by atoms with E-state index in [9.17, 15) is 4.79 Å². The molecule has 4 rings (SSSR count). The highest BCUT2D eigenvalue weighted by Crippen LogP contribution is 2.28. The predicted octanol–water partition coefficient (Wildman–Crippen LogP) is 4.50. The van der Waals surface area contributed by atoms with Crippen LogP contribution in [0.2, 0.25) is 5.02 Å². The van der Waals surface area contributed by atoms with E-state index in [1.807, 2.05) is 45.2 Å². The largest absolute Gasteiger partial charge is 0.456 e. The van der Waals surface area contributed by atoms with Gasteiger partial charge in [-0.2, -0.15) is 0 Å². The smallest absolute Gasteiger partial charge is 0.251 e. The molecule has 7 heteroatoms. The zero-order chi connectivity index (χ0) is 22.0. The Balaban J connectivity index is 1.54. The van der Waals surface area contributed by atoms with Gasteiger partial charge in [-0.15, -0.1) is 0 Å². The average Bonchev–Trinajstić information content (AvgIpc) is 2.75. The number of halogens is 1. The standard InChI is InChI=1S/C24H25ClN4O2/c1-4-16-9-17(5-6-21(16)24(30)28-18-13-29(3)14-18)23-11-19(7-8-26-23)31-20-10-22(25)15(2)27-12-20/h5-12,18H,4,13-14H2,1-3H3,(H,28,30). The molecule has 1 amide bonds. The molecule has 0 radical (unpaired) electrons. The number of nitrogens with one attached hydrogen (secondary N) is 1. The first-order valence-electron chi connectivity index (χ1n) is 10.3. The number of ether oxygens (including phenoxy) is 1. The summed E-state index contributed by atoms with van der Waals surface area (Å²) in [6.45, 7) is 5.68. The zero-order valence-electron chi connectivity index (χ0n) is 17.9. The molecule has 3 heterocycles. The molecular formula is C24H25ClN4O2. The van der Waals surface area contributed by atoms with E-state index in [0.29, 0.717) is 22.1 Å². The number of likely N-dealkylation sites (N-methyl/N-ethyl adjacent to an activating group) is 1. The number of aryl methyl sites for hydroxylation is 2. The van der Waals surface area contributed by atoms with Crippen LogP contribution in [0.1, 0.15) is 28.5 Å². The number of rotatable bonds is 6. The van der Waals surface area contributed by atoms with Gasteiger partial charge in [-0.1, -0.05) is 24.6 Å². The number of nitrogens with zero attached hydrogens (tertiary/aromatic N) is 3. The first-order valence-corrected chi connectivity index (χ1v) is 10.7. The van der Waals surface area contributed by atoms with Crippen molar-refractivity contribution >= 4 is 17.5 Å². The molecule has 1 saturated heterocycles. The quantitative estimate of drug-likeness (QED) is 0.616. The second-order valence-electron chi connectivity index (χ2n) is 7.83. The molecule has 1 aliphatic heterocycles. The van der Waals surface area contributed by atoms with Gasteiger partial charge in [0.1, 0.15) is 11.5 Å². The molecular weight excluding hydrogens is 412 g/mol. The molecule has 0 saturated carbocycles. The Hall–Kier alpha value is -2.96. The maximum atomic E-state index is 12.7. The summed E-state index contributed by atoms with van der Waals surface area (Å²) in [6.07, 6.45) is 4.10. The average molecular weight is 437 g/mol. The van der Waals surface area contributed by atoms with Crippen molar-refractivity contribution in [1.82, 2.24) is 20.2 Å². The van der Waals surface area contributed by atoms with E-state index in [0.717, 1.165) is 42.0 Å². The molecule has 1 aliphatic rings. The van der Waals surface area contributed by atoms with Gasteiger partial charge >= 0.3 is 0 Å². The van der Waals surface area contributed by atoms with Crippen LogP contribution in [-0.4, -0.2) is 47.0 Å². The van der Waals surface area contributed by atoms with Gasteiger partial charge in [0.05, 0.1) is 28.6 Å². The van der Waals surface area contributed by atoms with E-state index < -0.39 is 0 Å². The van der Waals surface area contributed by atoms with Crippen LogP contribution >= 0.6 is 11.6 Å². The summed E-state index contributed by atoms with van der Waals surface area (Å²) in [5, 5.41) is 3.67. The Morgan fingerprint density at radius 1 is 1.19 bits per heavy atom. The van der Waals surface area contributed by atoms with Gasteiger partial charge in [-0.05, 0) is 44.2 Å². The summed E-state index contributed by atoms with van der Waals surface area (Å²) >= 11 is 6.14. The Morgan fingerprint density at radius 3 is 2.71 bits per heavy atom. The fourth-order valence-corrected chi connectivity index (χ4v) is 3.79. The van der Waals surface area contributed by atoms with Crippen molar-refractivity contribution in [2.75, 3.05) is 20.1 Å². The Morgan fingerprint density at radius 2 is 2.00 bits per heavy atom. The molecule has 3 aromatic rings. The van der Waals surface area contributed by atoms with Gasteiger partial charge < -0.3 is 15.0 Å². The Labute approximate surface area is 187 Å². The Kier molecular flexibility index (Phi) is 6.20. The molecule has 31 heavy (non-hydrogen) atoms. The predicted molar refractivity (Wildman–Crippen MR) is 122 cm³/mol. The van der Waals surface area contributed by atoms with Gasteiger partial charge in [0, 0.05) is 42.5 Å². The highest BCUT2D eigenvalue weighted by atomic mass is 35.5. The van der Waals surface area contributed by atoms with E-state index in [2.05, 4.69) is 20.2 Å². The molecule has 1 N–H and O–H groups in total. The minimum Gasteiger partial charge on any atom is -0.456 e. The summed E-state index contributed by atoms with van der Waals surface area (Å²) in [6, 6.07) is 11.5. The third kappa shape index (κ3) is 4.86. The molecule has 6 nitrogen and oxygen atoms in total. The van der Waals surface area contributed by atoms with Crippen LogP contribution in [0.3, 0.4) is 0 Å². The highest BCUT2D eigenvalue weighted by Gasteiger charge is 2.25. The molecule has 0 aliphatic carbocycles. The zero-order valence-corrected chi connectivity index (χ0v) is 18.6. The molecule has 1 fully saturated rings. The molecule has 0 unspecified atom stereocenters. The van der Waals surface area contributed by atoms with Crippen molar-refractivity contribution in [1.29, 1.82) is 0 Å². The maximum Gasteiger partial charge on any atom is 0.251 e. The monoisotopic (exact) mass is 436 g/mol. The van der Waals surface area contributed by atoms with Crippen LogP contribution in [0.4, 0.5) is 0 Å². The first kappa shape index (κ1) is 21.3. The second kappa shape index (κ2) is 9.04. The van der Waals surface area contributed by atoms with E-state index in [-0.39, 0.29) is 11.9 Å². The number of aromatic nitrogens is 2. The van der Waals surface area contributed by atoms with Gasteiger partial charge in [0.25, 0.3) is 5.91 Å². The maximum absolute atomic E-state index is 12.7. The Bertz CT molecular complexity index is 1110.